The van der Waals surface area contributed by atoms with Gasteiger partial charge in [-0.25, -0.2) is 22.0 Å². The fourth-order valence-electron chi connectivity index (χ4n) is 3.92. The number of rotatable bonds is 7. The van der Waals surface area contributed by atoms with Crippen LogP contribution in [0.1, 0.15) is 16.8 Å². The van der Waals surface area contributed by atoms with Gasteiger partial charge in [0.05, 0.1) is 18.6 Å². The highest BCUT2D eigenvalue weighted by Gasteiger charge is 2.42. The fourth-order valence-corrected chi connectivity index (χ4v) is 5.00. The maximum Gasteiger partial charge on any atom is 0.328 e. The lowest BCUT2D eigenvalue weighted by Gasteiger charge is -2.22. The van der Waals surface area contributed by atoms with Gasteiger partial charge in [0.25, 0.3) is 15.9 Å². The van der Waals surface area contributed by atoms with Crippen molar-refractivity contribution in [1.29, 1.82) is 0 Å². The second-order valence-electron chi connectivity index (χ2n) is 8.05. The van der Waals surface area contributed by atoms with Crippen LogP contribution in [0.4, 0.5) is 14.5 Å². The number of nitrogens with zero attached hydrogens (tertiary/aromatic N) is 1. The molecule has 188 valence electrons. The lowest BCUT2D eigenvalue weighted by molar-refractivity contribution is -0.145. The fraction of sp³-hybridized carbons (Fsp3) is 0.200. The van der Waals surface area contributed by atoms with Crippen LogP contribution in [-0.2, 0) is 19.6 Å². The molecule has 0 aliphatic carbocycles. The number of nitrogens with one attached hydrogen (secondary N) is 1. The first kappa shape index (κ1) is 25.1. The predicted molar refractivity (Wildman–Crippen MR) is 126 cm³/mol. The molecule has 1 aliphatic heterocycles. The second kappa shape index (κ2) is 10.3. The third-order valence-corrected chi connectivity index (χ3v) is 6.97. The molecule has 0 aromatic heterocycles. The van der Waals surface area contributed by atoms with Crippen LogP contribution in [0.5, 0.6) is 5.75 Å². The van der Waals surface area contributed by atoms with Gasteiger partial charge in [0, 0.05) is 17.7 Å². The van der Waals surface area contributed by atoms with Gasteiger partial charge in [-0.1, -0.05) is 24.3 Å². The Morgan fingerprint density at radius 3 is 2.47 bits per heavy atom. The summed E-state index contributed by atoms with van der Waals surface area (Å²) in [4.78, 5) is 26.7. The molecule has 3 aromatic rings. The number of methoxy groups -OCH3 is 1. The van der Waals surface area contributed by atoms with Gasteiger partial charge in [-0.3, -0.25) is 9.52 Å². The highest BCUT2D eigenvalue weighted by Crippen LogP contribution is 2.28. The molecule has 0 bridgehead atoms. The molecule has 4 rings (SSSR count). The Balaban J connectivity index is 1.55. The third-order valence-electron chi connectivity index (χ3n) is 5.60. The summed E-state index contributed by atoms with van der Waals surface area (Å²) in [6, 6.07) is 15.0. The van der Waals surface area contributed by atoms with Crippen LogP contribution in [0, 0.1) is 11.6 Å². The first-order valence-electron chi connectivity index (χ1n) is 10.9. The molecule has 1 N–H and O–H groups in total. The number of carbonyl (C=O) groups excluding carboxylic acids is 2. The van der Waals surface area contributed by atoms with Crippen LogP contribution < -0.4 is 9.46 Å². The van der Waals surface area contributed by atoms with Crippen molar-refractivity contribution in [2.45, 2.75) is 23.5 Å². The minimum Gasteiger partial charge on any atom is -0.485 e. The number of esters is 1. The van der Waals surface area contributed by atoms with Crippen LogP contribution in [0.15, 0.2) is 77.7 Å². The van der Waals surface area contributed by atoms with Crippen LogP contribution in [-0.4, -0.2) is 51.0 Å². The molecule has 0 saturated carbocycles. The average Bonchev–Trinajstić information content (AvgIpc) is 3.28. The normalized spacial score (nSPS) is 17.5. The van der Waals surface area contributed by atoms with Crippen LogP contribution in [0.2, 0.25) is 0 Å². The SMILES string of the molecule is COC(=O)C1CC(Oc2ccccc2F)CN1C(=O)c1cccc(NS(=O)(=O)c2cccc(F)c2)c1. The highest BCUT2D eigenvalue weighted by atomic mass is 32.2. The summed E-state index contributed by atoms with van der Waals surface area (Å²) < 4.78 is 65.6. The van der Waals surface area contributed by atoms with Crippen molar-refractivity contribution < 1.29 is 36.3 Å². The molecule has 2 unspecified atom stereocenters. The van der Waals surface area contributed by atoms with E-state index in [-0.39, 0.29) is 34.9 Å². The third kappa shape index (κ3) is 5.46. The number of hydrogen-bond acceptors (Lipinski definition) is 6. The van der Waals surface area contributed by atoms with E-state index in [1.807, 2.05) is 0 Å². The minimum absolute atomic E-state index is 0.00540. The summed E-state index contributed by atoms with van der Waals surface area (Å²) in [7, 11) is -2.93. The Kier molecular flexibility index (Phi) is 7.20. The topological polar surface area (TPSA) is 102 Å². The van der Waals surface area contributed by atoms with Crippen LogP contribution in [0.3, 0.4) is 0 Å². The van der Waals surface area contributed by atoms with E-state index in [9.17, 15) is 26.8 Å². The summed E-state index contributed by atoms with van der Waals surface area (Å²) >= 11 is 0. The standard InChI is InChI=1S/C25H22F2N2O6S/c1-34-25(31)22-14-19(35-23-11-3-2-10-21(23)27)15-29(22)24(30)16-6-4-8-18(12-16)28-36(32,33)20-9-5-7-17(26)13-20/h2-13,19,22,28H,14-15H2,1H3. The second-order valence-corrected chi connectivity index (χ2v) is 9.73. The van der Waals surface area contributed by atoms with E-state index in [4.69, 9.17) is 9.47 Å². The van der Waals surface area contributed by atoms with Gasteiger partial charge >= 0.3 is 5.97 Å². The van der Waals surface area contributed by atoms with Gasteiger partial charge in [0.15, 0.2) is 11.6 Å². The Hall–Kier alpha value is -3.99. The number of halogens is 2. The number of anilines is 1. The van der Waals surface area contributed by atoms with Crippen molar-refractivity contribution in [1.82, 2.24) is 4.90 Å². The smallest absolute Gasteiger partial charge is 0.328 e. The first-order chi connectivity index (χ1) is 17.2. The van der Waals surface area contributed by atoms with Crippen LogP contribution in [0.25, 0.3) is 0 Å². The molecule has 1 fully saturated rings. The van der Waals surface area contributed by atoms with E-state index in [1.165, 1.54) is 66.6 Å². The summed E-state index contributed by atoms with van der Waals surface area (Å²) in [5.74, 6) is -2.52. The molecular weight excluding hydrogens is 494 g/mol. The molecule has 1 aliphatic rings. The highest BCUT2D eigenvalue weighted by molar-refractivity contribution is 7.92. The number of sulfonamides is 1. The summed E-state index contributed by atoms with van der Waals surface area (Å²) in [6.45, 7) is -0.0216. The van der Waals surface area contributed by atoms with Crippen molar-refractivity contribution >= 4 is 27.6 Å². The quantitative estimate of drug-likeness (QED) is 0.482. The summed E-state index contributed by atoms with van der Waals surface area (Å²) in [6.07, 6.45) is -0.594. The molecule has 8 nitrogen and oxygen atoms in total. The largest absolute Gasteiger partial charge is 0.485 e. The number of hydrogen-bond donors (Lipinski definition) is 1. The first-order valence-corrected chi connectivity index (χ1v) is 12.3. The van der Waals surface area contributed by atoms with E-state index < -0.39 is 45.7 Å². The molecule has 1 heterocycles. The molecular formula is C25H22F2N2O6S. The van der Waals surface area contributed by atoms with Crippen molar-refractivity contribution in [3.63, 3.8) is 0 Å². The Labute approximate surface area is 206 Å². The average molecular weight is 517 g/mol. The van der Waals surface area contributed by atoms with Gasteiger partial charge in [-0.05, 0) is 48.5 Å². The molecule has 11 heteroatoms. The number of likely N-dealkylation sites (tertiary alicyclic amines) is 1. The van der Waals surface area contributed by atoms with Crippen molar-refractivity contribution in [2.75, 3.05) is 18.4 Å². The van der Waals surface area contributed by atoms with Gasteiger partial charge < -0.3 is 14.4 Å². The Morgan fingerprint density at radius 1 is 1.00 bits per heavy atom. The maximum atomic E-state index is 14.0. The summed E-state index contributed by atoms with van der Waals surface area (Å²) in [5.41, 5.74) is 0.160. The molecule has 1 saturated heterocycles. The van der Waals surface area contributed by atoms with E-state index in [1.54, 1.807) is 6.07 Å². The molecule has 1 amide bonds. The zero-order valence-corrected chi connectivity index (χ0v) is 19.9. The lowest BCUT2D eigenvalue weighted by atomic mass is 10.1. The van der Waals surface area contributed by atoms with E-state index in [0.717, 1.165) is 12.1 Å². The summed E-state index contributed by atoms with van der Waals surface area (Å²) in [5, 5.41) is 0. The minimum atomic E-state index is -4.12. The monoisotopic (exact) mass is 516 g/mol. The number of amides is 1. The van der Waals surface area contributed by atoms with Gasteiger partial charge in [-0.2, -0.15) is 0 Å². The number of benzene rings is 3. The molecule has 36 heavy (non-hydrogen) atoms. The predicted octanol–water partition coefficient (Wildman–Crippen LogP) is 3.60. The molecule has 0 spiro atoms. The Bertz CT molecular complexity index is 1400. The van der Waals surface area contributed by atoms with E-state index in [0.29, 0.717) is 0 Å². The van der Waals surface area contributed by atoms with E-state index in [2.05, 4.69) is 4.72 Å². The number of ether oxygens (including phenoxy) is 2. The van der Waals surface area contributed by atoms with Gasteiger partial charge in [0.1, 0.15) is 18.0 Å². The van der Waals surface area contributed by atoms with Crippen molar-refractivity contribution in [2.24, 2.45) is 0 Å². The number of carbonyl (C=O) groups is 2. The van der Waals surface area contributed by atoms with Crippen molar-refractivity contribution in [3.8, 4) is 5.75 Å². The van der Waals surface area contributed by atoms with Gasteiger partial charge in [0.2, 0.25) is 0 Å². The molecule has 0 radical (unpaired) electrons. The molecule has 3 aromatic carbocycles. The Morgan fingerprint density at radius 2 is 1.75 bits per heavy atom. The van der Waals surface area contributed by atoms with Crippen LogP contribution >= 0.6 is 0 Å². The zero-order valence-electron chi connectivity index (χ0n) is 19.1. The van der Waals surface area contributed by atoms with Gasteiger partial charge in [-0.15, -0.1) is 0 Å². The number of para-hydroxylation sites is 1. The zero-order chi connectivity index (χ0) is 25.9. The lowest BCUT2D eigenvalue weighted by Crippen LogP contribution is -2.41. The van der Waals surface area contributed by atoms with Crippen molar-refractivity contribution in [3.05, 3.63) is 90.0 Å². The molecule has 2 atom stereocenters. The maximum absolute atomic E-state index is 14.0. The van der Waals surface area contributed by atoms with E-state index >= 15 is 0 Å².